The molecule has 0 spiro atoms. The normalized spacial score (nSPS) is 11.5. The highest BCUT2D eigenvalue weighted by molar-refractivity contribution is 9.10. The van der Waals surface area contributed by atoms with E-state index in [1.807, 2.05) is 13.8 Å². The first-order chi connectivity index (χ1) is 7.76. The molecule has 0 saturated carbocycles. The van der Waals surface area contributed by atoms with Gasteiger partial charge in [0, 0.05) is 18.1 Å². The highest BCUT2D eigenvalue weighted by Crippen LogP contribution is 2.22. The number of rotatable bonds is 4. The number of nitrogens with zero attached hydrogens (tertiary/aromatic N) is 2. The standard InChI is InChI=1S/C10H12Br2N2O3/c1-10(2,5-11)6-13-3-7(12)9(15)8(4-13)14(16)17/h3-4H,5-6H2,1-2H3. The lowest BCUT2D eigenvalue weighted by atomic mass is 9.97. The van der Waals surface area contributed by atoms with Crippen LogP contribution in [0.5, 0.6) is 0 Å². The number of hydrogen-bond donors (Lipinski definition) is 0. The molecule has 0 amide bonds. The molecule has 0 aliphatic heterocycles. The van der Waals surface area contributed by atoms with Crippen LogP contribution < -0.4 is 5.43 Å². The molecule has 0 N–H and O–H groups in total. The minimum atomic E-state index is -0.662. The predicted octanol–water partition coefficient (Wildman–Crippen LogP) is 2.94. The Morgan fingerprint density at radius 3 is 2.53 bits per heavy atom. The molecular weight excluding hydrogens is 356 g/mol. The zero-order chi connectivity index (χ0) is 13.2. The van der Waals surface area contributed by atoms with E-state index in [0.717, 1.165) is 5.33 Å². The molecule has 0 bridgehead atoms. The van der Waals surface area contributed by atoms with Crippen LogP contribution in [0, 0.1) is 15.5 Å². The van der Waals surface area contributed by atoms with Gasteiger partial charge in [0.15, 0.2) is 0 Å². The molecule has 5 nitrogen and oxygen atoms in total. The number of alkyl halides is 1. The zero-order valence-electron chi connectivity index (χ0n) is 9.44. The Bertz CT molecular complexity index is 497. The predicted molar refractivity (Wildman–Crippen MR) is 72.6 cm³/mol. The van der Waals surface area contributed by atoms with E-state index < -0.39 is 16.0 Å². The van der Waals surface area contributed by atoms with Crippen LogP contribution in [0.25, 0.3) is 0 Å². The third-order valence-electron chi connectivity index (χ3n) is 2.19. The quantitative estimate of drug-likeness (QED) is 0.466. The second-order valence-corrected chi connectivity index (χ2v) is 5.96. The molecule has 0 aliphatic carbocycles. The fourth-order valence-electron chi connectivity index (χ4n) is 1.34. The summed E-state index contributed by atoms with van der Waals surface area (Å²) in [6, 6.07) is 0. The van der Waals surface area contributed by atoms with Gasteiger partial charge in [-0.2, -0.15) is 0 Å². The van der Waals surface area contributed by atoms with Gasteiger partial charge in [0.25, 0.3) is 5.43 Å². The van der Waals surface area contributed by atoms with Crippen LogP contribution in [0.1, 0.15) is 13.8 Å². The fourth-order valence-corrected chi connectivity index (χ4v) is 1.98. The molecule has 0 aromatic carbocycles. The van der Waals surface area contributed by atoms with E-state index >= 15 is 0 Å². The van der Waals surface area contributed by atoms with Gasteiger partial charge >= 0.3 is 5.69 Å². The van der Waals surface area contributed by atoms with Gasteiger partial charge in [-0.05, 0) is 21.3 Å². The molecule has 0 saturated heterocycles. The van der Waals surface area contributed by atoms with Crippen LogP contribution in [-0.4, -0.2) is 14.8 Å². The second-order valence-electron chi connectivity index (χ2n) is 4.55. The molecule has 1 aromatic heterocycles. The van der Waals surface area contributed by atoms with Crippen molar-refractivity contribution in [3.05, 3.63) is 37.2 Å². The number of aromatic nitrogens is 1. The van der Waals surface area contributed by atoms with Crippen LogP contribution in [0.15, 0.2) is 21.7 Å². The summed E-state index contributed by atoms with van der Waals surface area (Å²) in [5, 5.41) is 11.5. The molecule has 0 radical (unpaired) electrons. The Morgan fingerprint density at radius 1 is 1.47 bits per heavy atom. The maximum absolute atomic E-state index is 11.5. The highest BCUT2D eigenvalue weighted by Gasteiger charge is 2.20. The van der Waals surface area contributed by atoms with Crippen molar-refractivity contribution in [2.24, 2.45) is 5.41 Å². The van der Waals surface area contributed by atoms with Gasteiger partial charge in [0.2, 0.25) is 0 Å². The van der Waals surface area contributed by atoms with Crippen LogP contribution in [-0.2, 0) is 6.54 Å². The Hall–Kier alpha value is -0.690. The summed E-state index contributed by atoms with van der Waals surface area (Å²) < 4.78 is 1.86. The van der Waals surface area contributed by atoms with Crippen molar-refractivity contribution in [3.63, 3.8) is 0 Å². The molecule has 0 unspecified atom stereocenters. The van der Waals surface area contributed by atoms with Crippen molar-refractivity contribution in [2.45, 2.75) is 20.4 Å². The monoisotopic (exact) mass is 366 g/mol. The van der Waals surface area contributed by atoms with Crippen molar-refractivity contribution in [2.75, 3.05) is 5.33 Å². The first-order valence-corrected chi connectivity index (χ1v) is 6.78. The minimum absolute atomic E-state index is 0.0532. The summed E-state index contributed by atoms with van der Waals surface area (Å²) in [4.78, 5) is 21.5. The smallest absolute Gasteiger partial charge is 0.333 e. The van der Waals surface area contributed by atoms with Crippen molar-refractivity contribution < 1.29 is 4.92 Å². The summed E-state index contributed by atoms with van der Waals surface area (Å²) in [5.41, 5.74) is -1.06. The lowest BCUT2D eigenvalue weighted by molar-refractivity contribution is -0.386. The van der Waals surface area contributed by atoms with Gasteiger partial charge in [-0.25, -0.2) is 0 Å². The maximum atomic E-state index is 11.5. The maximum Gasteiger partial charge on any atom is 0.333 e. The third kappa shape index (κ3) is 3.64. The van der Waals surface area contributed by atoms with E-state index in [9.17, 15) is 14.9 Å². The van der Waals surface area contributed by atoms with Crippen molar-refractivity contribution in [3.8, 4) is 0 Å². The zero-order valence-corrected chi connectivity index (χ0v) is 12.6. The van der Waals surface area contributed by atoms with Gasteiger partial charge in [-0.1, -0.05) is 29.8 Å². The highest BCUT2D eigenvalue weighted by atomic mass is 79.9. The van der Waals surface area contributed by atoms with E-state index in [1.54, 1.807) is 10.8 Å². The van der Waals surface area contributed by atoms with E-state index in [-0.39, 0.29) is 9.89 Å². The molecule has 1 aromatic rings. The topological polar surface area (TPSA) is 65.1 Å². The molecule has 17 heavy (non-hydrogen) atoms. The summed E-state index contributed by atoms with van der Waals surface area (Å²) >= 11 is 6.43. The number of hydrogen-bond acceptors (Lipinski definition) is 3. The Labute approximate surface area is 115 Å². The third-order valence-corrected chi connectivity index (χ3v) is 4.27. The van der Waals surface area contributed by atoms with E-state index in [0.29, 0.717) is 6.54 Å². The lowest BCUT2D eigenvalue weighted by Crippen LogP contribution is -2.23. The molecular formula is C10H12Br2N2O3. The molecule has 7 heteroatoms. The molecule has 1 rings (SSSR count). The van der Waals surface area contributed by atoms with Gasteiger partial charge in [0.1, 0.15) is 0 Å². The van der Waals surface area contributed by atoms with Crippen molar-refractivity contribution >= 4 is 37.5 Å². The van der Waals surface area contributed by atoms with Crippen molar-refractivity contribution in [1.29, 1.82) is 0 Å². The average molecular weight is 368 g/mol. The Kier molecular flexibility index (Phi) is 4.48. The molecule has 0 fully saturated rings. The summed E-state index contributed by atoms with van der Waals surface area (Å²) in [6.07, 6.45) is 2.84. The molecule has 0 atom stereocenters. The van der Waals surface area contributed by atoms with Crippen LogP contribution >= 0.6 is 31.9 Å². The Morgan fingerprint density at radius 2 is 2.06 bits per heavy atom. The molecule has 94 valence electrons. The fraction of sp³-hybridized carbons (Fsp3) is 0.500. The average Bonchev–Trinajstić information content (AvgIpc) is 2.22. The molecule has 1 heterocycles. The van der Waals surface area contributed by atoms with Crippen LogP contribution in [0.3, 0.4) is 0 Å². The SMILES string of the molecule is CC(C)(CBr)Cn1cc(Br)c(=O)c([N+](=O)[O-])c1. The second kappa shape index (κ2) is 5.30. The summed E-state index contributed by atoms with van der Waals surface area (Å²) in [6.45, 7) is 4.64. The molecule has 0 aliphatic rings. The van der Waals surface area contributed by atoms with E-state index in [1.165, 1.54) is 6.20 Å². The Balaban J connectivity index is 3.20. The van der Waals surface area contributed by atoms with Gasteiger partial charge in [-0.3, -0.25) is 14.9 Å². The summed E-state index contributed by atoms with van der Waals surface area (Å²) in [7, 11) is 0. The van der Waals surface area contributed by atoms with Gasteiger partial charge in [0.05, 0.1) is 15.6 Å². The van der Waals surface area contributed by atoms with Crippen molar-refractivity contribution in [1.82, 2.24) is 4.57 Å². The van der Waals surface area contributed by atoms with Crippen LogP contribution in [0.2, 0.25) is 0 Å². The van der Waals surface area contributed by atoms with Gasteiger partial charge in [-0.15, -0.1) is 0 Å². The number of nitro groups is 1. The minimum Gasteiger partial charge on any atom is -0.346 e. The first-order valence-electron chi connectivity index (χ1n) is 4.87. The van der Waals surface area contributed by atoms with E-state index in [2.05, 4.69) is 31.9 Å². The van der Waals surface area contributed by atoms with Crippen LogP contribution in [0.4, 0.5) is 5.69 Å². The first kappa shape index (κ1) is 14.4. The number of halogens is 2. The summed E-state index contributed by atoms with van der Waals surface area (Å²) in [5.74, 6) is 0. The lowest BCUT2D eigenvalue weighted by Gasteiger charge is -2.23. The van der Waals surface area contributed by atoms with Gasteiger partial charge < -0.3 is 4.57 Å². The van der Waals surface area contributed by atoms with E-state index in [4.69, 9.17) is 0 Å². The largest absolute Gasteiger partial charge is 0.346 e. The number of pyridine rings is 1.